The van der Waals surface area contributed by atoms with Crippen LogP contribution in [-0.2, 0) is 9.89 Å². The molecular weight excluding hydrogens is 449 g/mol. The van der Waals surface area contributed by atoms with Crippen molar-refractivity contribution in [2.24, 2.45) is 4.99 Å². The molecule has 0 aliphatic heterocycles. The Morgan fingerprint density at radius 1 is 1.00 bits per heavy atom. The molecule has 3 aromatic carbocycles. The van der Waals surface area contributed by atoms with Crippen LogP contribution in [0.5, 0.6) is 5.75 Å². The van der Waals surface area contributed by atoms with E-state index in [1.54, 1.807) is 7.11 Å². The molecule has 0 radical (unpaired) electrons. The molecule has 0 aliphatic rings. The quantitative estimate of drug-likeness (QED) is 0.158. The zero-order valence-electron chi connectivity index (χ0n) is 22.3. The highest BCUT2D eigenvalue weighted by Crippen LogP contribution is 2.50. The minimum Gasteiger partial charge on any atom is -0.467 e. The van der Waals surface area contributed by atoms with E-state index < -0.39 is 0 Å². The second kappa shape index (κ2) is 12.5. The summed E-state index contributed by atoms with van der Waals surface area (Å²) in [6, 6.07) is 23.7. The Labute approximate surface area is 213 Å². The van der Waals surface area contributed by atoms with Crippen LogP contribution in [-0.4, -0.2) is 26.7 Å². The number of para-hydroxylation sites is 1. The normalized spacial score (nSPS) is 14.8. The first-order valence-corrected chi connectivity index (χ1v) is 13.6. The number of ether oxygens (including phenoxy) is 2. The molecule has 0 saturated heterocycles. The fraction of sp³-hybridized carbons (Fsp3) is 0.387. The van der Waals surface area contributed by atoms with E-state index in [-0.39, 0.29) is 11.9 Å². The molecule has 3 rings (SSSR count). The van der Waals surface area contributed by atoms with E-state index in [1.807, 2.05) is 7.05 Å². The average molecular weight is 490 g/mol. The number of aliphatic imine (C=N–C) groups is 1. The number of methoxy groups -OCH3 is 1. The Hall–Kier alpha value is -2.48. The zero-order valence-corrected chi connectivity index (χ0v) is 23.3. The van der Waals surface area contributed by atoms with Crippen LogP contribution in [0.4, 0.5) is 0 Å². The molecule has 0 aromatic heterocycles. The van der Waals surface area contributed by atoms with Crippen molar-refractivity contribution in [3.05, 3.63) is 94.5 Å². The van der Waals surface area contributed by atoms with E-state index in [0.29, 0.717) is 14.5 Å². The molecular formula is C31H40NO2P. The number of hydrogen-bond acceptors (Lipinski definition) is 3. The minimum absolute atomic E-state index is 0.0943. The number of hydrogen-bond donors (Lipinski definition) is 0. The Balaban J connectivity index is 2.15. The molecule has 3 aromatic rings. The summed E-state index contributed by atoms with van der Waals surface area (Å²) in [5.74, 6) is 1.40. The smallest absolute Gasteiger partial charge is 0.188 e. The van der Waals surface area contributed by atoms with Gasteiger partial charge in [-0.05, 0) is 42.1 Å². The number of benzene rings is 3. The molecule has 0 bridgehead atoms. The molecule has 35 heavy (non-hydrogen) atoms. The molecule has 3 nitrogen and oxygen atoms in total. The Bertz CT molecular complexity index is 1140. The molecule has 0 N–H and O–H groups in total. The lowest BCUT2D eigenvalue weighted by Gasteiger charge is -2.34. The van der Waals surface area contributed by atoms with Crippen LogP contribution in [0.3, 0.4) is 0 Å². The van der Waals surface area contributed by atoms with Crippen LogP contribution in [0.2, 0.25) is 0 Å². The molecule has 0 spiro atoms. The standard InChI is InChI=1S/C31H40NO2P/c1-8-22(3)25-18-14-20-27(29(25)34-21-33-7)31(5,9-2)35-30-23(4)15-13-19-26(30)28(32-6)24-16-11-10-12-17-24/h10-20,22,35H,8-9,21H2,1-7H3/b32-28+. The van der Waals surface area contributed by atoms with Gasteiger partial charge in [-0.25, -0.2) is 0 Å². The van der Waals surface area contributed by atoms with Gasteiger partial charge in [-0.2, -0.15) is 0 Å². The van der Waals surface area contributed by atoms with Gasteiger partial charge in [0.25, 0.3) is 0 Å². The minimum atomic E-state index is -0.0943. The third kappa shape index (κ3) is 6.02. The second-order valence-corrected chi connectivity index (χ2v) is 11.2. The molecule has 4 heteroatoms. The van der Waals surface area contributed by atoms with E-state index in [0.717, 1.165) is 29.9 Å². The van der Waals surface area contributed by atoms with Crippen LogP contribution in [0, 0.1) is 6.92 Å². The second-order valence-electron chi connectivity index (χ2n) is 9.33. The molecule has 0 fully saturated rings. The summed E-state index contributed by atoms with van der Waals surface area (Å²) in [4.78, 5) is 4.75. The first-order chi connectivity index (χ1) is 16.9. The van der Waals surface area contributed by atoms with Crippen molar-refractivity contribution >= 4 is 19.6 Å². The van der Waals surface area contributed by atoms with Gasteiger partial charge in [0, 0.05) is 36.0 Å². The fourth-order valence-electron chi connectivity index (χ4n) is 4.53. The third-order valence-corrected chi connectivity index (χ3v) is 9.10. The van der Waals surface area contributed by atoms with E-state index in [9.17, 15) is 0 Å². The highest BCUT2D eigenvalue weighted by atomic mass is 31.1. The summed E-state index contributed by atoms with van der Waals surface area (Å²) >= 11 is 0. The van der Waals surface area contributed by atoms with E-state index in [1.165, 1.54) is 27.6 Å². The summed E-state index contributed by atoms with van der Waals surface area (Å²) in [7, 11) is 4.13. The van der Waals surface area contributed by atoms with E-state index in [2.05, 4.69) is 101 Å². The topological polar surface area (TPSA) is 30.8 Å². The van der Waals surface area contributed by atoms with Crippen molar-refractivity contribution in [3.8, 4) is 5.75 Å². The largest absolute Gasteiger partial charge is 0.467 e. The van der Waals surface area contributed by atoms with Gasteiger partial charge >= 0.3 is 0 Å². The average Bonchev–Trinajstić information content (AvgIpc) is 2.89. The summed E-state index contributed by atoms with van der Waals surface area (Å²) in [6.07, 6.45) is 2.06. The van der Waals surface area contributed by atoms with Gasteiger partial charge in [0.05, 0.1) is 5.71 Å². The predicted octanol–water partition coefficient (Wildman–Crippen LogP) is 7.59. The first kappa shape index (κ1) is 27.1. The van der Waals surface area contributed by atoms with Crippen molar-refractivity contribution in [3.63, 3.8) is 0 Å². The van der Waals surface area contributed by atoms with Crippen LogP contribution in [0.15, 0.2) is 71.7 Å². The van der Waals surface area contributed by atoms with Crippen LogP contribution >= 0.6 is 8.58 Å². The molecule has 186 valence electrons. The summed E-state index contributed by atoms with van der Waals surface area (Å²) in [6.45, 7) is 11.6. The van der Waals surface area contributed by atoms with Gasteiger partial charge in [-0.3, -0.25) is 4.99 Å². The summed E-state index contributed by atoms with van der Waals surface area (Å²) < 4.78 is 11.6. The summed E-state index contributed by atoms with van der Waals surface area (Å²) in [5.41, 5.74) is 7.23. The molecule has 0 heterocycles. The molecule has 3 unspecified atom stereocenters. The Morgan fingerprint density at radius 3 is 2.34 bits per heavy atom. The number of nitrogens with zero attached hydrogens (tertiary/aromatic N) is 1. The van der Waals surface area contributed by atoms with E-state index in [4.69, 9.17) is 14.5 Å². The maximum atomic E-state index is 6.28. The van der Waals surface area contributed by atoms with Crippen molar-refractivity contribution < 1.29 is 9.47 Å². The first-order valence-electron chi connectivity index (χ1n) is 12.6. The Morgan fingerprint density at radius 2 is 1.71 bits per heavy atom. The molecule has 3 atom stereocenters. The van der Waals surface area contributed by atoms with Gasteiger partial charge in [-0.1, -0.05) is 103 Å². The highest BCUT2D eigenvalue weighted by molar-refractivity contribution is 7.49. The highest BCUT2D eigenvalue weighted by Gasteiger charge is 2.32. The van der Waals surface area contributed by atoms with Crippen LogP contribution in [0.25, 0.3) is 0 Å². The van der Waals surface area contributed by atoms with Crippen LogP contribution < -0.4 is 10.0 Å². The lowest BCUT2D eigenvalue weighted by atomic mass is 9.89. The maximum absolute atomic E-state index is 6.28. The van der Waals surface area contributed by atoms with Gasteiger partial charge in [-0.15, -0.1) is 0 Å². The number of rotatable bonds is 11. The van der Waals surface area contributed by atoms with E-state index >= 15 is 0 Å². The van der Waals surface area contributed by atoms with Crippen molar-refractivity contribution in [1.29, 1.82) is 0 Å². The Kier molecular flexibility index (Phi) is 9.66. The van der Waals surface area contributed by atoms with Crippen molar-refractivity contribution in [2.75, 3.05) is 21.0 Å². The lowest BCUT2D eigenvalue weighted by Crippen LogP contribution is -2.25. The van der Waals surface area contributed by atoms with Gasteiger partial charge in [0.15, 0.2) is 6.79 Å². The van der Waals surface area contributed by atoms with Crippen molar-refractivity contribution in [2.45, 2.75) is 58.5 Å². The number of aryl methyl sites for hydroxylation is 1. The van der Waals surface area contributed by atoms with Gasteiger partial charge in [0.1, 0.15) is 5.75 Å². The van der Waals surface area contributed by atoms with Gasteiger partial charge < -0.3 is 9.47 Å². The fourth-order valence-corrected chi connectivity index (χ4v) is 6.21. The third-order valence-electron chi connectivity index (χ3n) is 7.01. The SMILES string of the molecule is CCC(C)c1cccc(C(C)(CC)Pc2c(C)cccc2/C(=N/C)c2ccccc2)c1OCOC. The maximum Gasteiger partial charge on any atom is 0.188 e. The van der Waals surface area contributed by atoms with Crippen molar-refractivity contribution in [1.82, 2.24) is 0 Å². The zero-order chi connectivity index (χ0) is 25.4. The van der Waals surface area contributed by atoms with Gasteiger partial charge in [0.2, 0.25) is 0 Å². The molecule has 0 aliphatic carbocycles. The van der Waals surface area contributed by atoms with Crippen LogP contribution in [0.1, 0.15) is 74.3 Å². The predicted molar refractivity (Wildman–Crippen MR) is 152 cm³/mol. The monoisotopic (exact) mass is 489 g/mol. The molecule has 0 saturated carbocycles. The summed E-state index contributed by atoms with van der Waals surface area (Å²) in [5, 5.41) is 1.27. The lowest BCUT2D eigenvalue weighted by molar-refractivity contribution is 0.0491. The molecule has 0 amide bonds.